The summed E-state index contributed by atoms with van der Waals surface area (Å²) in [5.41, 5.74) is 7.28. The minimum Gasteiger partial charge on any atom is -0.402 e. The summed E-state index contributed by atoms with van der Waals surface area (Å²) in [6.45, 7) is 3.67. The summed E-state index contributed by atoms with van der Waals surface area (Å²) in [4.78, 5) is 0. The van der Waals surface area contributed by atoms with E-state index in [0.29, 0.717) is 6.42 Å². The third-order valence-corrected chi connectivity index (χ3v) is 1.86. The summed E-state index contributed by atoms with van der Waals surface area (Å²) in [5, 5.41) is 0. The smallest absolute Gasteiger partial charge is 0.103 e. The van der Waals surface area contributed by atoms with Crippen molar-refractivity contribution in [3.63, 3.8) is 0 Å². The van der Waals surface area contributed by atoms with E-state index in [2.05, 4.69) is 0 Å². The Balaban J connectivity index is 2.88. The fourth-order valence-electron chi connectivity index (χ4n) is 1.03. The van der Waals surface area contributed by atoms with Crippen LogP contribution >= 0.6 is 0 Å². The molecule has 1 atom stereocenters. The molecule has 0 aromatic rings. The molecule has 0 radical (unpaired) electrons. The van der Waals surface area contributed by atoms with Gasteiger partial charge < -0.3 is 5.73 Å². The van der Waals surface area contributed by atoms with E-state index in [-0.39, 0.29) is 11.7 Å². The average Bonchev–Trinajstić information content (AvgIpc) is 1.84. The van der Waals surface area contributed by atoms with Crippen molar-refractivity contribution in [1.82, 2.24) is 0 Å². The molecule has 0 aliphatic heterocycles. The minimum atomic E-state index is -0.0494. The summed E-state index contributed by atoms with van der Waals surface area (Å²) >= 11 is 0. The summed E-state index contributed by atoms with van der Waals surface area (Å²) in [6.07, 6.45) is 2.18. The molecular formula is C8H12FN. The van der Waals surface area contributed by atoms with Crippen LogP contribution in [0.5, 0.6) is 0 Å². The second kappa shape index (κ2) is 2.45. The Morgan fingerprint density at radius 3 is 2.80 bits per heavy atom. The fraction of sp³-hybridized carbons (Fsp3) is 0.500. The predicted octanol–water partition coefficient (Wildman–Crippen LogP) is 2.11. The molecule has 0 aromatic heterocycles. The van der Waals surface area contributed by atoms with E-state index in [0.717, 1.165) is 11.3 Å². The Kier molecular flexibility index (Phi) is 1.79. The third-order valence-electron chi connectivity index (χ3n) is 1.86. The van der Waals surface area contributed by atoms with Crippen LogP contribution in [-0.2, 0) is 0 Å². The molecule has 1 unspecified atom stereocenters. The van der Waals surface area contributed by atoms with Gasteiger partial charge in [-0.3, -0.25) is 0 Å². The highest BCUT2D eigenvalue weighted by atomic mass is 19.1. The van der Waals surface area contributed by atoms with Crippen molar-refractivity contribution >= 4 is 0 Å². The molecule has 0 heterocycles. The van der Waals surface area contributed by atoms with Crippen LogP contribution in [0.2, 0.25) is 0 Å². The molecule has 1 rings (SSSR count). The molecule has 1 aliphatic rings. The van der Waals surface area contributed by atoms with Gasteiger partial charge in [-0.05, 0) is 25.0 Å². The van der Waals surface area contributed by atoms with Gasteiger partial charge in [-0.2, -0.15) is 0 Å². The number of halogens is 1. The summed E-state index contributed by atoms with van der Waals surface area (Å²) in [6, 6.07) is 0. The number of rotatable bonds is 0. The summed E-state index contributed by atoms with van der Waals surface area (Å²) < 4.78 is 12.8. The van der Waals surface area contributed by atoms with Crippen LogP contribution in [0.15, 0.2) is 23.2 Å². The molecule has 1 aliphatic carbocycles. The third kappa shape index (κ3) is 1.20. The van der Waals surface area contributed by atoms with E-state index in [9.17, 15) is 4.39 Å². The lowest BCUT2D eigenvalue weighted by molar-refractivity contribution is 0.478. The maximum Gasteiger partial charge on any atom is 0.103 e. The lowest BCUT2D eigenvalue weighted by Gasteiger charge is -2.16. The highest BCUT2D eigenvalue weighted by molar-refractivity contribution is 5.29. The monoisotopic (exact) mass is 141 g/mol. The Morgan fingerprint density at radius 2 is 2.30 bits per heavy atom. The van der Waals surface area contributed by atoms with Crippen LogP contribution in [0.25, 0.3) is 0 Å². The first kappa shape index (κ1) is 7.32. The first-order valence-corrected chi connectivity index (χ1v) is 3.43. The molecule has 0 spiro atoms. The Bertz CT molecular complexity index is 203. The topological polar surface area (TPSA) is 26.0 Å². The SMILES string of the molecule is CC1=C(N)CC(C)C(F)=C1. The van der Waals surface area contributed by atoms with Crippen molar-refractivity contribution in [2.24, 2.45) is 11.7 Å². The molecule has 0 aromatic carbocycles. The van der Waals surface area contributed by atoms with E-state index >= 15 is 0 Å². The highest BCUT2D eigenvalue weighted by Crippen LogP contribution is 2.26. The van der Waals surface area contributed by atoms with E-state index in [4.69, 9.17) is 5.73 Å². The maximum absolute atomic E-state index is 12.8. The highest BCUT2D eigenvalue weighted by Gasteiger charge is 2.15. The molecular weight excluding hydrogens is 129 g/mol. The Morgan fingerprint density at radius 1 is 1.70 bits per heavy atom. The first-order valence-electron chi connectivity index (χ1n) is 3.43. The average molecular weight is 141 g/mol. The lowest BCUT2D eigenvalue weighted by atomic mass is 9.95. The standard InChI is InChI=1S/C8H12FN/c1-5-4-8(10)6(2)3-7(5)9/h3,5H,4,10H2,1-2H3. The van der Waals surface area contributed by atoms with Crippen molar-refractivity contribution in [3.8, 4) is 0 Å². The van der Waals surface area contributed by atoms with Crippen molar-refractivity contribution in [2.75, 3.05) is 0 Å². The van der Waals surface area contributed by atoms with Gasteiger partial charge in [0.15, 0.2) is 0 Å². The summed E-state index contributed by atoms with van der Waals surface area (Å²) in [7, 11) is 0. The molecule has 0 bridgehead atoms. The second-order valence-corrected chi connectivity index (χ2v) is 2.84. The van der Waals surface area contributed by atoms with Gasteiger partial charge in [-0.15, -0.1) is 0 Å². The number of allylic oxidation sites excluding steroid dienone is 4. The molecule has 0 saturated carbocycles. The van der Waals surface area contributed by atoms with E-state index < -0.39 is 0 Å². The predicted molar refractivity (Wildman–Crippen MR) is 39.9 cm³/mol. The van der Waals surface area contributed by atoms with Crippen molar-refractivity contribution in [1.29, 1.82) is 0 Å². The van der Waals surface area contributed by atoms with Crippen LogP contribution < -0.4 is 5.73 Å². The number of nitrogens with two attached hydrogens (primary N) is 1. The van der Waals surface area contributed by atoms with Crippen LogP contribution in [0.1, 0.15) is 20.3 Å². The molecule has 2 heteroatoms. The Hall–Kier alpha value is -0.790. The van der Waals surface area contributed by atoms with Crippen LogP contribution in [-0.4, -0.2) is 0 Å². The second-order valence-electron chi connectivity index (χ2n) is 2.84. The van der Waals surface area contributed by atoms with Crippen LogP contribution in [0.4, 0.5) is 4.39 Å². The molecule has 0 saturated heterocycles. The number of hydrogen-bond donors (Lipinski definition) is 1. The van der Waals surface area contributed by atoms with Gasteiger partial charge in [0.2, 0.25) is 0 Å². The van der Waals surface area contributed by atoms with Crippen molar-refractivity contribution < 1.29 is 4.39 Å². The fourth-order valence-corrected chi connectivity index (χ4v) is 1.03. The minimum absolute atomic E-state index is 0.0244. The van der Waals surface area contributed by atoms with Gasteiger partial charge in [0, 0.05) is 11.6 Å². The lowest BCUT2D eigenvalue weighted by Crippen LogP contribution is -2.10. The van der Waals surface area contributed by atoms with Crippen molar-refractivity contribution in [2.45, 2.75) is 20.3 Å². The zero-order valence-corrected chi connectivity index (χ0v) is 6.32. The van der Waals surface area contributed by atoms with Gasteiger partial charge >= 0.3 is 0 Å². The molecule has 1 nitrogen and oxygen atoms in total. The van der Waals surface area contributed by atoms with Crippen LogP contribution in [0, 0.1) is 5.92 Å². The summed E-state index contributed by atoms with van der Waals surface area (Å²) in [5.74, 6) is -0.0737. The molecule has 0 fully saturated rings. The van der Waals surface area contributed by atoms with Gasteiger partial charge in [-0.25, -0.2) is 4.39 Å². The van der Waals surface area contributed by atoms with Gasteiger partial charge in [0.1, 0.15) is 5.83 Å². The zero-order chi connectivity index (χ0) is 7.72. The quantitative estimate of drug-likeness (QED) is 0.549. The molecule has 2 N–H and O–H groups in total. The molecule has 56 valence electrons. The van der Waals surface area contributed by atoms with Crippen molar-refractivity contribution in [3.05, 3.63) is 23.2 Å². The van der Waals surface area contributed by atoms with E-state index in [1.165, 1.54) is 6.08 Å². The Labute approximate surface area is 60.4 Å². The molecule has 10 heavy (non-hydrogen) atoms. The van der Waals surface area contributed by atoms with Gasteiger partial charge in [-0.1, -0.05) is 6.92 Å². The van der Waals surface area contributed by atoms with Gasteiger partial charge in [0.25, 0.3) is 0 Å². The first-order chi connectivity index (χ1) is 4.61. The van der Waals surface area contributed by atoms with E-state index in [1.54, 1.807) is 0 Å². The normalized spacial score (nSPS) is 26.7. The van der Waals surface area contributed by atoms with Crippen LogP contribution in [0.3, 0.4) is 0 Å². The zero-order valence-electron chi connectivity index (χ0n) is 6.32. The largest absolute Gasteiger partial charge is 0.402 e. The number of hydrogen-bond acceptors (Lipinski definition) is 1. The molecule has 0 amide bonds. The van der Waals surface area contributed by atoms with E-state index in [1.807, 2.05) is 13.8 Å². The van der Waals surface area contributed by atoms with Gasteiger partial charge in [0.05, 0.1) is 0 Å². The maximum atomic E-state index is 12.8.